The fourth-order valence-corrected chi connectivity index (χ4v) is 1.88. The lowest BCUT2D eigenvalue weighted by molar-refractivity contribution is 0.600. The topological polar surface area (TPSA) is 98.0 Å². The van der Waals surface area contributed by atoms with Gasteiger partial charge in [0.05, 0.1) is 5.75 Å². The van der Waals surface area contributed by atoms with E-state index >= 15 is 0 Å². The maximum atomic E-state index is 10.9. The second-order valence-electron chi connectivity index (χ2n) is 3.33. The molecule has 90 valence electrons. The third-order valence-corrected chi connectivity index (χ3v) is 3.20. The van der Waals surface area contributed by atoms with Crippen molar-refractivity contribution in [3.63, 3.8) is 0 Å². The molecule has 0 bridgehead atoms. The number of sulfone groups is 1. The van der Waals surface area contributed by atoms with Gasteiger partial charge in [0.15, 0.2) is 0 Å². The van der Waals surface area contributed by atoms with E-state index in [1.807, 2.05) is 0 Å². The molecule has 0 spiro atoms. The molecular weight excluding hydrogens is 252 g/mol. The van der Waals surface area contributed by atoms with Crippen molar-refractivity contribution in [3.05, 3.63) is 11.3 Å². The Kier molecular flexibility index (Phi) is 4.31. The molecule has 0 fully saturated rings. The van der Waals surface area contributed by atoms with E-state index in [1.165, 1.54) is 12.6 Å². The van der Waals surface area contributed by atoms with Crippen molar-refractivity contribution in [2.24, 2.45) is 0 Å². The fraction of sp³-hybridized carbons (Fsp3) is 0.500. The van der Waals surface area contributed by atoms with Crippen molar-refractivity contribution in [1.29, 1.82) is 0 Å². The average molecular weight is 265 g/mol. The molecule has 16 heavy (non-hydrogen) atoms. The Balaban J connectivity index is 2.47. The molecule has 0 saturated heterocycles. The van der Waals surface area contributed by atoms with Gasteiger partial charge in [0, 0.05) is 12.8 Å². The van der Waals surface area contributed by atoms with Crippen LogP contribution < -0.4 is 11.1 Å². The summed E-state index contributed by atoms with van der Waals surface area (Å²) in [6, 6.07) is 0. The number of nitrogens with zero attached hydrogens (tertiary/aromatic N) is 2. The molecular formula is C8H13ClN4O2S. The Morgan fingerprint density at radius 2 is 2.19 bits per heavy atom. The second kappa shape index (κ2) is 5.31. The van der Waals surface area contributed by atoms with E-state index < -0.39 is 9.84 Å². The minimum atomic E-state index is -2.93. The number of aromatic nitrogens is 2. The molecule has 0 radical (unpaired) electrons. The summed E-state index contributed by atoms with van der Waals surface area (Å²) in [5, 5.41) is 3.15. The Morgan fingerprint density at radius 3 is 2.81 bits per heavy atom. The van der Waals surface area contributed by atoms with E-state index in [2.05, 4.69) is 15.3 Å². The SMILES string of the molecule is CS(=O)(=O)CCCNc1ncnc(N)c1Cl. The molecule has 1 aromatic heterocycles. The number of nitrogens with one attached hydrogen (secondary N) is 1. The van der Waals surface area contributed by atoms with Crippen molar-refractivity contribution < 1.29 is 8.42 Å². The van der Waals surface area contributed by atoms with E-state index in [9.17, 15) is 8.42 Å². The van der Waals surface area contributed by atoms with Gasteiger partial charge < -0.3 is 11.1 Å². The minimum absolute atomic E-state index is 0.123. The first-order valence-corrected chi connectivity index (χ1v) is 7.01. The van der Waals surface area contributed by atoms with E-state index in [-0.39, 0.29) is 16.6 Å². The van der Waals surface area contributed by atoms with Gasteiger partial charge in [-0.25, -0.2) is 18.4 Å². The largest absolute Gasteiger partial charge is 0.382 e. The summed E-state index contributed by atoms with van der Waals surface area (Å²) >= 11 is 5.83. The highest BCUT2D eigenvalue weighted by Crippen LogP contribution is 2.22. The first-order valence-electron chi connectivity index (χ1n) is 4.58. The van der Waals surface area contributed by atoms with Gasteiger partial charge in [0.25, 0.3) is 0 Å². The number of halogens is 1. The molecule has 0 aliphatic rings. The lowest BCUT2D eigenvalue weighted by Gasteiger charge is -2.07. The number of hydrogen-bond acceptors (Lipinski definition) is 6. The third kappa shape index (κ3) is 4.19. The molecule has 0 aliphatic heterocycles. The van der Waals surface area contributed by atoms with Crippen molar-refractivity contribution in [2.75, 3.05) is 29.6 Å². The van der Waals surface area contributed by atoms with Crippen LogP contribution in [0.2, 0.25) is 5.02 Å². The van der Waals surface area contributed by atoms with E-state index in [4.69, 9.17) is 17.3 Å². The molecule has 0 unspecified atom stereocenters. The summed E-state index contributed by atoms with van der Waals surface area (Å²) in [6.07, 6.45) is 2.97. The van der Waals surface area contributed by atoms with Gasteiger partial charge in [-0.2, -0.15) is 0 Å². The minimum Gasteiger partial charge on any atom is -0.382 e. The van der Waals surface area contributed by atoms with Crippen molar-refractivity contribution >= 4 is 33.1 Å². The zero-order chi connectivity index (χ0) is 12.2. The van der Waals surface area contributed by atoms with Gasteiger partial charge in [-0.3, -0.25) is 0 Å². The number of nitrogens with two attached hydrogens (primary N) is 1. The zero-order valence-electron chi connectivity index (χ0n) is 8.77. The summed E-state index contributed by atoms with van der Waals surface area (Å²) in [5.74, 6) is 0.739. The molecule has 1 heterocycles. The van der Waals surface area contributed by atoms with Gasteiger partial charge in [-0.05, 0) is 6.42 Å². The maximum absolute atomic E-state index is 10.9. The number of anilines is 2. The number of nitrogen functional groups attached to an aromatic ring is 1. The fourth-order valence-electron chi connectivity index (χ4n) is 1.05. The highest BCUT2D eigenvalue weighted by molar-refractivity contribution is 7.90. The quantitative estimate of drug-likeness (QED) is 0.754. The molecule has 6 nitrogen and oxygen atoms in total. The lowest BCUT2D eigenvalue weighted by Crippen LogP contribution is -2.11. The molecule has 0 aromatic carbocycles. The zero-order valence-corrected chi connectivity index (χ0v) is 10.3. The van der Waals surface area contributed by atoms with E-state index in [1.54, 1.807) is 0 Å². The van der Waals surface area contributed by atoms with Gasteiger partial charge in [-0.1, -0.05) is 11.6 Å². The predicted octanol–water partition coefficient (Wildman–Crippen LogP) is 0.559. The van der Waals surface area contributed by atoms with Crippen LogP contribution in [0, 0.1) is 0 Å². The lowest BCUT2D eigenvalue weighted by atomic mass is 10.4. The van der Waals surface area contributed by atoms with Crippen LogP contribution in [0.5, 0.6) is 0 Å². The van der Waals surface area contributed by atoms with Gasteiger partial charge in [0.1, 0.15) is 32.8 Å². The molecule has 1 aromatic rings. The van der Waals surface area contributed by atoms with Crippen LogP contribution in [0.15, 0.2) is 6.33 Å². The van der Waals surface area contributed by atoms with Crippen LogP contribution >= 0.6 is 11.6 Å². The van der Waals surface area contributed by atoms with Gasteiger partial charge in [0.2, 0.25) is 0 Å². The monoisotopic (exact) mass is 264 g/mol. The van der Waals surface area contributed by atoms with Crippen LogP contribution in [-0.2, 0) is 9.84 Å². The smallest absolute Gasteiger partial charge is 0.150 e. The van der Waals surface area contributed by atoms with Crippen molar-refractivity contribution in [2.45, 2.75) is 6.42 Å². The Bertz CT molecular complexity index is 463. The Morgan fingerprint density at radius 1 is 1.50 bits per heavy atom. The first kappa shape index (κ1) is 13.0. The van der Waals surface area contributed by atoms with Crippen LogP contribution in [0.25, 0.3) is 0 Å². The van der Waals surface area contributed by atoms with Gasteiger partial charge in [-0.15, -0.1) is 0 Å². The van der Waals surface area contributed by atoms with E-state index in [0.717, 1.165) is 0 Å². The van der Waals surface area contributed by atoms with Crippen LogP contribution in [0.3, 0.4) is 0 Å². The molecule has 0 saturated carbocycles. The first-order chi connectivity index (χ1) is 7.40. The van der Waals surface area contributed by atoms with Crippen LogP contribution in [-0.4, -0.2) is 36.9 Å². The number of rotatable bonds is 5. The predicted molar refractivity (Wildman–Crippen MR) is 64.3 cm³/mol. The van der Waals surface area contributed by atoms with Crippen molar-refractivity contribution in [3.8, 4) is 0 Å². The average Bonchev–Trinajstić information content (AvgIpc) is 2.17. The van der Waals surface area contributed by atoms with E-state index in [0.29, 0.717) is 18.8 Å². The third-order valence-electron chi connectivity index (χ3n) is 1.80. The normalized spacial score (nSPS) is 11.4. The second-order valence-corrected chi connectivity index (χ2v) is 5.97. The highest BCUT2D eigenvalue weighted by Gasteiger charge is 2.06. The molecule has 8 heteroatoms. The maximum Gasteiger partial charge on any atom is 0.150 e. The molecule has 0 amide bonds. The standard InChI is InChI=1S/C8H13ClN4O2S/c1-16(14,15)4-2-3-11-8-6(9)7(10)12-5-13-8/h5H,2-4H2,1H3,(H3,10,11,12,13). The summed E-state index contributed by atoms with van der Waals surface area (Å²) in [7, 11) is -2.93. The molecule has 0 atom stereocenters. The highest BCUT2D eigenvalue weighted by atomic mass is 35.5. The summed E-state index contributed by atoms with van der Waals surface area (Å²) in [4.78, 5) is 7.60. The van der Waals surface area contributed by atoms with Crippen molar-refractivity contribution in [1.82, 2.24) is 9.97 Å². The summed E-state index contributed by atoms with van der Waals surface area (Å²) < 4.78 is 21.7. The Labute approximate surface area is 99.1 Å². The van der Waals surface area contributed by atoms with Crippen LogP contribution in [0.4, 0.5) is 11.6 Å². The summed E-state index contributed by atoms with van der Waals surface area (Å²) in [5.41, 5.74) is 5.48. The summed E-state index contributed by atoms with van der Waals surface area (Å²) in [6.45, 7) is 0.462. The molecule has 0 aliphatic carbocycles. The van der Waals surface area contributed by atoms with Crippen LogP contribution in [0.1, 0.15) is 6.42 Å². The van der Waals surface area contributed by atoms with Gasteiger partial charge >= 0.3 is 0 Å². The Hall–Kier alpha value is -1.08. The molecule has 3 N–H and O–H groups in total. The molecule has 1 rings (SSSR count). The number of hydrogen-bond donors (Lipinski definition) is 2.